The van der Waals surface area contributed by atoms with Crippen molar-refractivity contribution < 1.29 is 14.3 Å². The van der Waals surface area contributed by atoms with Crippen molar-refractivity contribution in [3.8, 4) is 17.9 Å². The Balaban J connectivity index is 2.72. The molecule has 1 heterocycles. The van der Waals surface area contributed by atoms with E-state index in [1.54, 1.807) is 25.3 Å². The van der Waals surface area contributed by atoms with Crippen molar-refractivity contribution in [1.29, 1.82) is 5.26 Å². The molecule has 0 unspecified atom stereocenters. The van der Waals surface area contributed by atoms with Crippen LogP contribution in [0.4, 0.5) is 0 Å². The van der Waals surface area contributed by atoms with Crippen LogP contribution in [0.15, 0.2) is 27.4 Å². The second-order valence-corrected chi connectivity index (χ2v) is 4.62. The fraction of sp³-hybridized carbons (Fsp3) is 0.294. The molecule has 0 aliphatic carbocycles. The lowest BCUT2D eigenvalue weighted by atomic mass is 10.0. The van der Waals surface area contributed by atoms with Gasteiger partial charge in [-0.05, 0) is 24.6 Å². The van der Waals surface area contributed by atoms with Crippen molar-refractivity contribution in [3.05, 3.63) is 45.5 Å². The van der Waals surface area contributed by atoms with E-state index in [9.17, 15) is 4.79 Å². The number of aryl methyl sites for hydroxylation is 1. The molecule has 0 saturated carbocycles. The highest BCUT2D eigenvalue weighted by molar-refractivity contribution is 5.88. The first-order chi connectivity index (χ1) is 10.7. The van der Waals surface area contributed by atoms with Crippen LogP contribution in [-0.2, 0) is 11.2 Å². The topological polar surface area (TPSA) is 83.5 Å². The molecule has 0 atom stereocenters. The summed E-state index contributed by atoms with van der Waals surface area (Å²) < 4.78 is 10.2. The Morgan fingerprint density at radius 3 is 2.86 bits per heavy atom. The van der Waals surface area contributed by atoms with Gasteiger partial charge in [-0.25, -0.2) is 4.79 Å². The van der Waals surface area contributed by atoms with Gasteiger partial charge in [0.15, 0.2) is 0 Å². The number of rotatable bonds is 4. The molecule has 1 aromatic carbocycles. The lowest BCUT2D eigenvalue weighted by Gasteiger charge is -2.06. The Kier molecular flexibility index (Phi) is 5.32. The van der Waals surface area contributed by atoms with Crippen LogP contribution in [0.25, 0.3) is 10.8 Å². The molecule has 0 saturated heterocycles. The van der Waals surface area contributed by atoms with Gasteiger partial charge in [-0.1, -0.05) is 11.8 Å². The van der Waals surface area contributed by atoms with Crippen molar-refractivity contribution in [2.45, 2.75) is 12.8 Å². The minimum absolute atomic E-state index is 0.00901. The van der Waals surface area contributed by atoms with Crippen LogP contribution in [0.3, 0.4) is 0 Å². The highest BCUT2D eigenvalue weighted by Gasteiger charge is 2.13. The molecule has 2 aromatic rings. The summed E-state index contributed by atoms with van der Waals surface area (Å²) in [6, 6.07) is 6.82. The zero-order valence-corrected chi connectivity index (χ0v) is 12.2. The van der Waals surface area contributed by atoms with Crippen LogP contribution in [0.5, 0.6) is 0 Å². The van der Waals surface area contributed by atoms with Gasteiger partial charge in [0.1, 0.15) is 12.4 Å². The third-order valence-corrected chi connectivity index (χ3v) is 3.12. The van der Waals surface area contributed by atoms with Crippen LogP contribution >= 0.6 is 0 Å². The Morgan fingerprint density at radius 1 is 1.36 bits per heavy atom. The fourth-order valence-electron chi connectivity index (χ4n) is 2.12. The average Bonchev–Trinajstić information content (AvgIpc) is 2.54. The quantitative estimate of drug-likeness (QED) is 0.866. The van der Waals surface area contributed by atoms with Crippen molar-refractivity contribution in [3.63, 3.8) is 0 Å². The number of hydrogen-bond donors (Lipinski definition) is 1. The molecule has 0 radical (unpaired) electrons. The minimum atomic E-state index is -0.468. The predicted molar refractivity (Wildman–Crippen MR) is 81.4 cm³/mol. The second-order valence-electron chi connectivity index (χ2n) is 4.62. The van der Waals surface area contributed by atoms with Crippen molar-refractivity contribution in [2.24, 2.45) is 0 Å². The van der Waals surface area contributed by atoms with E-state index >= 15 is 0 Å². The predicted octanol–water partition coefficient (Wildman–Crippen LogP) is 1.59. The number of fused-ring (bicyclic) bond motifs is 1. The number of nitrogens with zero attached hydrogens (tertiary/aromatic N) is 1. The Bertz CT molecular complexity index is 834. The monoisotopic (exact) mass is 297 g/mol. The lowest BCUT2D eigenvalue weighted by Crippen LogP contribution is -2.06. The molecule has 0 aliphatic heterocycles. The zero-order valence-electron chi connectivity index (χ0n) is 12.2. The van der Waals surface area contributed by atoms with Gasteiger partial charge < -0.3 is 14.3 Å². The first kappa shape index (κ1) is 15.8. The summed E-state index contributed by atoms with van der Waals surface area (Å²) in [6.07, 6.45) is 0.862. The van der Waals surface area contributed by atoms with Crippen molar-refractivity contribution >= 4 is 10.8 Å². The molecule has 0 fully saturated rings. The molecule has 5 heteroatoms. The van der Waals surface area contributed by atoms with Gasteiger partial charge in [0.05, 0.1) is 22.6 Å². The van der Waals surface area contributed by atoms with Crippen LogP contribution in [-0.4, -0.2) is 25.4 Å². The first-order valence-electron chi connectivity index (χ1n) is 6.79. The van der Waals surface area contributed by atoms with Crippen molar-refractivity contribution in [2.75, 3.05) is 20.3 Å². The molecule has 22 heavy (non-hydrogen) atoms. The van der Waals surface area contributed by atoms with E-state index in [1.807, 2.05) is 0 Å². The molecule has 1 N–H and O–H groups in total. The number of methoxy groups -OCH3 is 1. The van der Waals surface area contributed by atoms with Gasteiger partial charge >= 0.3 is 5.63 Å². The number of ether oxygens (including phenoxy) is 1. The summed E-state index contributed by atoms with van der Waals surface area (Å²) in [6.45, 7) is 0.239. The van der Waals surface area contributed by atoms with E-state index in [0.29, 0.717) is 40.5 Å². The van der Waals surface area contributed by atoms with E-state index in [1.165, 1.54) is 0 Å². The number of aliphatic hydroxyl groups excluding tert-OH is 1. The van der Waals surface area contributed by atoms with E-state index < -0.39 is 5.63 Å². The Morgan fingerprint density at radius 2 is 2.18 bits per heavy atom. The van der Waals surface area contributed by atoms with Crippen LogP contribution in [0, 0.1) is 23.2 Å². The maximum absolute atomic E-state index is 12.1. The molecule has 0 aliphatic rings. The Labute approximate surface area is 127 Å². The Hall–Kier alpha value is -2.60. The van der Waals surface area contributed by atoms with Crippen LogP contribution < -0.4 is 5.63 Å². The molecule has 1 aromatic heterocycles. The third kappa shape index (κ3) is 3.35. The molecule has 112 valence electrons. The SMILES string of the molecule is COCC#Cc1c(CCCO)oc(=O)c2ccc(C#N)cc12. The molecular formula is C17H15NO4. The highest BCUT2D eigenvalue weighted by Crippen LogP contribution is 2.21. The lowest BCUT2D eigenvalue weighted by molar-refractivity contribution is 0.240. The standard InChI is InChI=1S/C17H15NO4/c1-21-9-3-4-13-15-10-12(11-18)6-7-14(15)17(20)22-16(13)5-2-8-19/h6-7,10,19H,2,5,8-9H2,1H3. The summed E-state index contributed by atoms with van der Waals surface area (Å²) in [7, 11) is 1.54. The number of aliphatic hydroxyl groups is 1. The molecule has 0 bridgehead atoms. The van der Waals surface area contributed by atoms with Gasteiger partial charge in [0, 0.05) is 25.5 Å². The summed E-state index contributed by atoms with van der Waals surface area (Å²) >= 11 is 0. The van der Waals surface area contributed by atoms with Crippen LogP contribution in [0.2, 0.25) is 0 Å². The smallest absolute Gasteiger partial charge is 0.343 e. The number of benzene rings is 1. The summed E-state index contributed by atoms with van der Waals surface area (Å²) in [5.41, 5.74) is 0.544. The number of nitriles is 1. The maximum atomic E-state index is 12.1. The second kappa shape index (κ2) is 7.42. The van der Waals surface area contributed by atoms with Crippen LogP contribution in [0.1, 0.15) is 23.3 Å². The third-order valence-electron chi connectivity index (χ3n) is 3.12. The van der Waals surface area contributed by atoms with Crippen molar-refractivity contribution in [1.82, 2.24) is 0 Å². The van der Waals surface area contributed by atoms with Gasteiger partial charge in [0.25, 0.3) is 0 Å². The first-order valence-corrected chi connectivity index (χ1v) is 6.79. The van der Waals surface area contributed by atoms with Gasteiger partial charge in [-0.3, -0.25) is 0 Å². The molecule has 5 nitrogen and oxygen atoms in total. The summed E-state index contributed by atoms with van der Waals surface area (Å²) in [5.74, 6) is 6.21. The molecule has 2 rings (SSSR count). The summed E-state index contributed by atoms with van der Waals surface area (Å²) in [5, 5.41) is 19.0. The van der Waals surface area contributed by atoms with E-state index in [-0.39, 0.29) is 13.2 Å². The fourth-order valence-corrected chi connectivity index (χ4v) is 2.12. The van der Waals surface area contributed by atoms with Gasteiger partial charge in [0.2, 0.25) is 0 Å². The van der Waals surface area contributed by atoms with E-state index in [0.717, 1.165) is 0 Å². The number of hydrogen-bond acceptors (Lipinski definition) is 5. The highest BCUT2D eigenvalue weighted by atomic mass is 16.5. The molecule has 0 spiro atoms. The van der Waals surface area contributed by atoms with E-state index in [4.69, 9.17) is 19.5 Å². The summed E-state index contributed by atoms with van der Waals surface area (Å²) in [4.78, 5) is 12.1. The maximum Gasteiger partial charge on any atom is 0.343 e. The average molecular weight is 297 g/mol. The molecule has 0 amide bonds. The minimum Gasteiger partial charge on any atom is -0.426 e. The van der Waals surface area contributed by atoms with Gasteiger partial charge in [-0.2, -0.15) is 5.26 Å². The zero-order chi connectivity index (χ0) is 15.9. The van der Waals surface area contributed by atoms with E-state index in [2.05, 4.69) is 17.9 Å². The largest absolute Gasteiger partial charge is 0.426 e. The molecular weight excluding hydrogens is 282 g/mol. The normalized spacial score (nSPS) is 10.0. The van der Waals surface area contributed by atoms with Gasteiger partial charge in [-0.15, -0.1) is 0 Å².